The fourth-order valence-corrected chi connectivity index (χ4v) is 3.45. The summed E-state index contributed by atoms with van der Waals surface area (Å²) < 4.78 is 10.8. The Balaban J connectivity index is 1.54. The highest BCUT2D eigenvalue weighted by Crippen LogP contribution is 2.27. The van der Waals surface area contributed by atoms with Gasteiger partial charge in [-0.05, 0) is 29.7 Å². The Bertz CT molecular complexity index is 1050. The molecule has 2 aromatic carbocycles. The summed E-state index contributed by atoms with van der Waals surface area (Å²) in [6.45, 7) is 3.75. The molecule has 0 saturated carbocycles. The number of hydrogen-bond donors (Lipinski definition) is 2. The van der Waals surface area contributed by atoms with Gasteiger partial charge in [0.2, 0.25) is 0 Å². The van der Waals surface area contributed by atoms with Gasteiger partial charge in [-0.3, -0.25) is 10.1 Å². The third kappa shape index (κ3) is 6.58. The lowest BCUT2D eigenvalue weighted by molar-refractivity contribution is -0.123. The van der Waals surface area contributed by atoms with Gasteiger partial charge < -0.3 is 14.5 Å². The number of carbonyl (C=O) groups is 3. The average molecular weight is 442 g/mol. The van der Waals surface area contributed by atoms with Crippen LogP contribution in [0.2, 0.25) is 0 Å². The lowest BCUT2D eigenvalue weighted by atomic mass is 10.1. The molecule has 0 aliphatic heterocycles. The summed E-state index contributed by atoms with van der Waals surface area (Å²) in [6, 6.07) is 13.8. The number of fused-ring (bicyclic) bond motifs is 1. The number of aromatic nitrogens is 1. The van der Waals surface area contributed by atoms with Crippen LogP contribution in [0.25, 0.3) is 11.1 Å². The van der Waals surface area contributed by atoms with E-state index in [1.165, 1.54) is 11.8 Å². The first kappa shape index (κ1) is 22.4. The number of benzene rings is 2. The van der Waals surface area contributed by atoms with E-state index in [0.29, 0.717) is 28.7 Å². The molecule has 0 fully saturated rings. The van der Waals surface area contributed by atoms with E-state index >= 15 is 0 Å². The lowest BCUT2D eigenvalue weighted by Gasteiger charge is -2.10. The largest absolute Gasteiger partial charge is 0.452 e. The number of esters is 1. The molecule has 3 aromatic rings. The SMILES string of the molecule is CC(C)CNC(=O)NC(=O)COC(=O)c1ccccc1CSc1nc2ccccc2o1. The van der Waals surface area contributed by atoms with Crippen molar-refractivity contribution in [3.05, 3.63) is 59.7 Å². The van der Waals surface area contributed by atoms with Gasteiger partial charge in [-0.2, -0.15) is 0 Å². The summed E-state index contributed by atoms with van der Waals surface area (Å²) in [6.07, 6.45) is 0. The average Bonchev–Trinajstić information content (AvgIpc) is 3.18. The Morgan fingerprint density at radius 1 is 1.10 bits per heavy atom. The molecule has 0 spiro atoms. The van der Waals surface area contributed by atoms with Crippen LogP contribution >= 0.6 is 11.8 Å². The fourth-order valence-electron chi connectivity index (χ4n) is 2.61. The number of nitrogens with zero attached hydrogens (tertiary/aromatic N) is 1. The van der Waals surface area contributed by atoms with E-state index in [-0.39, 0.29) is 5.92 Å². The quantitative estimate of drug-likeness (QED) is 0.404. The van der Waals surface area contributed by atoms with Crippen molar-refractivity contribution >= 4 is 40.8 Å². The van der Waals surface area contributed by atoms with E-state index in [1.807, 2.05) is 44.2 Å². The maximum atomic E-state index is 12.5. The van der Waals surface area contributed by atoms with Gasteiger partial charge in [0, 0.05) is 12.3 Å². The number of oxazole rings is 1. The Kier molecular flexibility index (Phi) is 7.66. The van der Waals surface area contributed by atoms with Crippen molar-refractivity contribution in [3.63, 3.8) is 0 Å². The van der Waals surface area contributed by atoms with E-state index in [9.17, 15) is 14.4 Å². The van der Waals surface area contributed by atoms with Crippen LogP contribution in [0.1, 0.15) is 29.8 Å². The van der Waals surface area contributed by atoms with Gasteiger partial charge in [0.05, 0.1) is 5.56 Å². The van der Waals surface area contributed by atoms with Crippen molar-refractivity contribution in [1.82, 2.24) is 15.6 Å². The summed E-state index contributed by atoms with van der Waals surface area (Å²) in [4.78, 5) is 40.3. The van der Waals surface area contributed by atoms with E-state index in [2.05, 4.69) is 15.6 Å². The van der Waals surface area contributed by atoms with Gasteiger partial charge in [0.25, 0.3) is 11.1 Å². The number of hydrogen-bond acceptors (Lipinski definition) is 7. The molecule has 2 N–H and O–H groups in total. The number of carbonyl (C=O) groups excluding carboxylic acids is 3. The predicted octanol–water partition coefficient (Wildman–Crippen LogP) is 3.76. The van der Waals surface area contributed by atoms with E-state index in [0.717, 1.165) is 11.1 Å². The Hall–Kier alpha value is -3.33. The second-order valence-electron chi connectivity index (χ2n) is 7.12. The Morgan fingerprint density at radius 2 is 1.84 bits per heavy atom. The van der Waals surface area contributed by atoms with Crippen LogP contribution in [0.15, 0.2) is 58.2 Å². The highest BCUT2D eigenvalue weighted by Gasteiger charge is 2.16. The van der Waals surface area contributed by atoms with Crippen molar-refractivity contribution in [3.8, 4) is 0 Å². The zero-order valence-electron chi connectivity index (χ0n) is 17.2. The maximum Gasteiger partial charge on any atom is 0.338 e. The molecule has 31 heavy (non-hydrogen) atoms. The third-order valence-electron chi connectivity index (χ3n) is 4.12. The zero-order valence-corrected chi connectivity index (χ0v) is 18.0. The number of amides is 3. The van der Waals surface area contributed by atoms with Gasteiger partial charge in [-0.25, -0.2) is 14.6 Å². The minimum atomic E-state index is -0.701. The summed E-state index contributed by atoms with van der Waals surface area (Å²) >= 11 is 1.35. The fraction of sp³-hybridized carbons (Fsp3) is 0.273. The maximum absolute atomic E-state index is 12.5. The molecule has 0 aliphatic rings. The number of nitrogens with one attached hydrogen (secondary N) is 2. The van der Waals surface area contributed by atoms with Crippen molar-refractivity contribution in [2.75, 3.05) is 13.2 Å². The molecule has 0 bridgehead atoms. The van der Waals surface area contributed by atoms with Crippen molar-refractivity contribution in [2.45, 2.75) is 24.8 Å². The number of rotatable bonds is 8. The molecule has 9 heteroatoms. The molecule has 0 unspecified atom stereocenters. The first-order chi connectivity index (χ1) is 14.9. The van der Waals surface area contributed by atoms with Gasteiger partial charge >= 0.3 is 12.0 Å². The number of para-hydroxylation sites is 2. The number of ether oxygens (including phenoxy) is 1. The van der Waals surface area contributed by atoms with Crippen molar-refractivity contribution in [1.29, 1.82) is 0 Å². The molecule has 3 rings (SSSR count). The van der Waals surface area contributed by atoms with Crippen LogP contribution in [0.5, 0.6) is 0 Å². The predicted molar refractivity (Wildman–Crippen MR) is 117 cm³/mol. The molecular formula is C22H23N3O5S. The van der Waals surface area contributed by atoms with Crippen LogP contribution in [-0.2, 0) is 15.3 Å². The normalized spacial score (nSPS) is 10.8. The standard InChI is InChI=1S/C22H23N3O5S/c1-14(2)11-23-21(28)25-19(26)12-29-20(27)16-8-4-3-7-15(16)13-31-22-24-17-9-5-6-10-18(17)30-22/h3-10,14H,11-13H2,1-2H3,(H2,23,25,26,28). The topological polar surface area (TPSA) is 111 Å². The van der Waals surface area contributed by atoms with Crippen molar-refractivity contribution in [2.24, 2.45) is 5.92 Å². The molecule has 0 atom stereocenters. The summed E-state index contributed by atoms with van der Waals surface area (Å²) in [5.41, 5.74) is 2.51. The van der Waals surface area contributed by atoms with Crippen LogP contribution in [0, 0.1) is 5.92 Å². The first-order valence-electron chi connectivity index (χ1n) is 9.73. The third-order valence-corrected chi connectivity index (χ3v) is 5.00. The highest BCUT2D eigenvalue weighted by molar-refractivity contribution is 7.98. The summed E-state index contributed by atoms with van der Waals surface area (Å²) in [7, 11) is 0. The Morgan fingerprint density at radius 3 is 2.61 bits per heavy atom. The molecule has 3 amide bonds. The molecule has 8 nitrogen and oxygen atoms in total. The second-order valence-corrected chi connectivity index (χ2v) is 8.05. The minimum Gasteiger partial charge on any atom is -0.452 e. The number of imide groups is 1. The molecule has 1 heterocycles. The minimum absolute atomic E-state index is 0.253. The molecule has 0 radical (unpaired) electrons. The van der Waals surface area contributed by atoms with Crippen molar-refractivity contribution < 1.29 is 23.5 Å². The van der Waals surface area contributed by atoms with Gasteiger partial charge in [0.1, 0.15) is 5.52 Å². The second kappa shape index (κ2) is 10.6. The van der Waals surface area contributed by atoms with Crippen LogP contribution in [-0.4, -0.2) is 36.0 Å². The van der Waals surface area contributed by atoms with Gasteiger partial charge in [-0.15, -0.1) is 0 Å². The van der Waals surface area contributed by atoms with E-state index < -0.39 is 24.5 Å². The smallest absolute Gasteiger partial charge is 0.338 e. The number of urea groups is 1. The lowest BCUT2D eigenvalue weighted by Crippen LogP contribution is -2.42. The van der Waals surface area contributed by atoms with Gasteiger partial charge in [-0.1, -0.05) is 55.9 Å². The van der Waals surface area contributed by atoms with Crippen LogP contribution in [0.4, 0.5) is 4.79 Å². The molecule has 162 valence electrons. The molecule has 0 aliphatic carbocycles. The first-order valence-corrected chi connectivity index (χ1v) is 10.7. The molecule has 0 saturated heterocycles. The zero-order chi connectivity index (χ0) is 22.2. The summed E-state index contributed by atoms with van der Waals surface area (Å²) in [5, 5.41) is 5.18. The van der Waals surface area contributed by atoms with Gasteiger partial charge in [0.15, 0.2) is 12.2 Å². The van der Waals surface area contributed by atoms with E-state index in [4.69, 9.17) is 9.15 Å². The monoisotopic (exact) mass is 441 g/mol. The van der Waals surface area contributed by atoms with Crippen LogP contribution < -0.4 is 10.6 Å². The Labute approximate surface area is 183 Å². The molecule has 1 aromatic heterocycles. The van der Waals surface area contributed by atoms with E-state index in [1.54, 1.807) is 18.2 Å². The molecular weight excluding hydrogens is 418 g/mol. The van der Waals surface area contributed by atoms with Crippen LogP contribution in [0.3, 0.4) is 0 Å². The highest BCUT2D eigenvalue weighted by atomic mass is 32.2. The summed E-state index contributed by atoms with van der Waals surface area (Å²) in [5.74, 6) is -0.663. The number of thioether (sulfide) groups is 1.